The standard InChI is InChI=1S/C62H111N11O12.CH3NO2/c1-25-27-28-40(15)52(75)51-56(79)65-43(26-2)58(81)67(18)33-48(74)68(19)44(29-34(3)4)55(78)66-49(38(11)12)61(84)69(20)45(30-35(5)6)54(77)63-41(16)53(76)64-42(17)57(80)70(21)46(31-36(7)8)59(82)71(22)47(32-37(9)10)60(83)72(23)50(39(13)14)62(85)73(51)24;2-1(3)4/h25,27,34-47,49-52,75H,26,28-33H2,1-24H3,(H,63,77)(H,64,76)(H,65,79)(H,66,78);2H2,(H,3,4)/b27-25+;/t40-,41+,42-,43+,44+,45+,46+,47+,49+,50+,51+,52-;/m1./s1. The van der Waals surface area contributed by atoms with Gasteiger partial charge in [0.05, 0.1) is 12.6 Å². The normalized spacial score (nSPS) is 26.0. The van der Waals surface area contributed by atoms with E-state index in [1.165, 1.54) is 87.7 Å². The summed E-state index contributed by atoms with van der Waals surface area (Å²) in [7, 11) is 9.92. The predicted octanol–water partition coefficient (Wildman–Crippen LogP) is 2.89. The summed E-state index contributed by atoms with van der Waals surface area (Å²) in [6.45, 7) is 29.3. The van der Waals surface area contributed by atoms with E-state index in [0.29, 0.717) is 6.42 Å². The van der Waals surface area contributed by atoms with Crippen molar-refractivity contribution in [3.05, 3.63) is 12.2 Å². The molecule has 0 unspecified atom stereocenters. The summed E-state index contributed by atoms with van der Waals surface area (Å²) in [4.78, 5) is 177. The van der Waals surface area contributed by atoms with Gasteiger partial charge in [0, 0.05) is 49.3 Å². The fourth-order valence-electron chi connectivity index (χ4n) is 10.7. The van der Waals surface area contributed by atoms with E-state index in [-0.39, 0.29) is 55.8 Å². The van der Waals surface area contributed by atoms with Gasteiger partial charge in [-0.2, -0.15) is 0 Å². The van der Waals surface area contributed by atoms with Gasteiger partial charge in [0.25, 0.3) is 0 Å². The minimum absolute atomic E-state index is 0.0229. The first-order valence-electron chi connectivity index (χ1n) is 31.3. The lowest BCUT2D eigenvalue weighted by Gasteiger charge is -2.41. The van der Waals surface area contributed by atoms with Crippen LogP contribution in [0, 0.1) is 41.4 Å². The van der Waals surface area contributed by atoms with Crippen molar-refractivity contribution in [2.75, 3.05) is 55.9 Å². The van der Waals surface area contributed by atoms with Crippen LogP contribution in [0.3, 0.4) is 0 Å². The second-order valence-electron chi connectivity index (χ2n) is 26.4. The summed E-state index contributed by atoms with van der Waals surface area (Å²) in [5.41, 5.74) is 4.03. The van der Waals surface area contributed by atoms with Crippen molar-refractivity contribution >= 4 is 71.1 Å². The molecule has 1 aliphatic heterocycles. The Bertz CT molecular complexity index is 2430. The number of nitrogens with one attached hydrogen (secondary N) is 4. The molecule has 510 valence electrons. The Balaban J connectivity index is 0.0000187. The van der Waals surface area contributed by atoms with Gasteiger partial charge in [-0.3, -0.25) is 52.7 Å². The highest BCUT2D eigenvalue weighted by Crippen LogP contribution is 2.26. The molecule has 0 aromatic heterocycles. The Kier molecular flexibility index (Phi) is 35.0. The van der Waals surface area contributed by atoms with Crippen molar-refractivity contribution in [3.8, 4) is 0 Å². The molecule has 1 fully saturated rings. The van der Waals surface area contributed by atoms with E-state index in [2.05, 4.69) is 27.0 Å². The number of aliphatic hydroxyl groups excluding tert-OH is 1. The number of primary amides is 1. The molecule has 12 amide bonds. The number of carbonyl (C=O) groups is 12. The first-order chi connectivity index (χ1) is 40.9. The number of aliphatic hydroxyl groups is 1. The van der Waals surface area contributed by atoms with Gasteiger partial charge in [0.2, 0.25) is 65.0 Å². The number of likely N-dealkylation sites (N-methyl/N-ethyl adjacent to an activating group) is 7. The monoisotopic (exact) mass is 1260 g/mol. The molecule has 1 rings (SSSR count). The minimum Gasteiger partial charge on any atom is -0.465 e. The van der Waals surface area contributed by atoms with Crippen LogP contribution in [0.2, 0.25) is 0 Å². The third kappa shape index (κ3) is 24.8. The SMILES string of the molecule is C/C=C/C[C@@H](C)[C@@H](O)[C@H]1C(=O)N[C@@H](CC)C(=O)N(C)CC(=O)N(C)[C@@H](CC(C)C)C(=O)N[C@@H](C(C)C)C(=O)N(C)[C@@H](CC(C)C)C(=O)N[C@@H](C)C(=O)N[C@H](C)C(=O)N(C)[C@@H](CC(C)C)C(=O)N(C)[C@@H](CC(C)C)C(=O)N(C)[C@@H](C(C)C)C(=O)N1C.NC(=O)O. The highest BCUT2D eigenvalue weighted by Gasteiger charge is 2.45. The van der Waals surface area contributed by atoms with Crippen LogP contribution in [-0.2, 0) is 52.7 Å². The number of nitrogens with two attached hydrogens (primary N) is 1. The van der Waals surface area contributed by atoms with Crippen molar-refractivity contribution in [2.45, 2.75) is 223 Å². The van der Waals surface area contributed by atoms with Crippen molar-refractivity contribution in [1.82, 2.24) is 55.6 Å². The molecule has 1 heterocycles. The number of amides is 12. The average Bonchev–Trinajstić information content (AvgIpc) is 0.999. The Morgan fingerprint density at radius 1 is 0.506 bits per heavy atom. The van der Waals surface area contributed by atoms with Gasteiger partial charge in [0.15, 0.2) is 0 Å². The van der Waals surface area contributed by atoms with Crippen molar-refractivity contribution < 1.29 is 67.7 Å². The van der Waals surface area contributed by atoms with Crippen LogP contribution in [0.25, 0.3) is 0 Å². The number of carboxylic acid groups (broad SMARTS) is 1. The molecule has 1 saturated heterocycles. The third-order valence-corrected chi connectivity index (χ3v) is 16.1. The second-order valence-corrected chi connectivity index (χ2v) is 26.4. The second kappa shape index (κ2) is 38.0. The number of hydrogen-bond acceptors (Lipinski definition) is 13. The molecule has 26 heteroatoms. The Labute approximate surface area is 530 Å². The van der Waals surface area contributed by atoms with E-state index in [1.54, 1.807) is 54.5 Å². The molecule has 0 aliphatic carbocycles. The Morgan fingerprint density at radius 2 is 0.899 bits per heavy atom. The maximum absolute atomic E-state index is 15.1. The molecule has 0 aromatic carbocycles. The number of nitrogens with zero attached hydrogens (tertiary/aromatic N) is 7. The van der Waals surface area contributed by atoms with Crippen LogP contribution >= 0.6 is 0 Å². The molecule has 0 saturated carbocycles. The molecule has 26 nitrogen and oxygen atoms in total. The highest BCUT2D eigenvalue weighted by atomic mass is 16.4. The third-order valence-electron chi connectivity index (χ3n) is 16.1. The number of allylic oxidation sites excluding steroid dienone is 2. The molecule has 0 bridgehead atoms. The van der Waals surface area contributed by atoms with Gasteiger partial charge in [-0.1, -0.05) is 109 Å². The predicted molar refractivity (Wildman–Crippen MR) is 341 cm³/mol. The zero-order valence-corrected chi connectivity index (χ0v) is 58.0. The first kappa shape index (κ1) is 82.1. The fraction of sp³-hybridized carbons (Fsp3) is 0.778. The molecule has 1 aliphatic rings. The summed E-state index contributed by atoms with van der Waals surface area (Å²) in [5, 5.41) is 30.3. The lowest BCUT2D eigenvalue weighted by atomic mass is 9.91. The van der Waals surface area contributed by atoms with Gasteiger partial charge in [-0.15, -0.1) is 0 Å². The first-order valence-corrected chi connectivity index (χ1v) is 31.3. The summed E-state index contributed by atoms with van der Waals surface area (Å²) >= 11 is 0. The van der Waals surface area contributed by atoms with Gasteiger partial charge in [-0.05, 0) is 101 Å². The lowest BCUT2D eigenvalue weighted by Crippen LogP contribution is -2.63. The van der Waals surface area contributed by atoms with Crippen molar-refractivity contribution in [2.24, 2.45) is 47.2 Å². The van der Waals surface area contributed by atoms with Gasteiger partial charge in [0.1, 0.15) is 60.4 Å². The molecule has 12 atom stereocenters. The number of hydrogen-bond donors (Lipinski definition) is 7. The minimum atomic E-state index is -1.61. The Morgan fingerprint density at radius 3 is 1.33 bits per heavy atom. The van der Waals surface area contributed by atoms with Crippen molar-refractivity contribution in [3.63, 3.8) is 0 Å². The van der Waals surface area contributed by atoms with E-state index in [0.717, 1.165) is 9.80 Å². The van der Waals surface area contributed by atoms with E-state index < -0.39 is 162 Å². The molecule has 0 spiro atoms. The van der Waals surface area contributed by atoms with Gasteiger partial charge < -0.3 is 71.5 Å². The van der Waals surface area contributed by atoms with Crippen LogP contribution in [0.15, 0.2) is 12.2 Å². The summed E-state index contributed by atoms with van der Waals surface area (Å²) in [5.74, 6) is -9.71. The van der Waals surface area contributed by atoms with E-state index >= 15 is 9.59 Å². The van der Waals surface area contributed by atoms with Crippen LogP contribution < -0.4 is 27.0 Å². The van der Waals surface area contributed by atoms with Crippen LogP contribution in [0.5, 0.6) is 0 Å². The summed E-state index contributed by atoms with van der Waals surface area (Å²) in [6.07, 6.45) is 1.71. The molecule has 8 N–H and O–H groups in total. The molecular formula is C63H114N12O14. The Hall–Kier alpha value is -6.86. The van der Waals surface area contributed by atoms with Crippen molar-refractivity contribution in [1.29, 1.82) is 0 Å². The molecule has 89 heavy (non-hydrogen) atoms. The zero-order chi connectivity index (χ0) is 69.6. The largest absolute Gasteiger partial charge is 0.465 e. The number of rotatable bonds is 15. The van der Waals surface area contributed by atoms with E-state index in [1.807, 2.05) is 61.5 Å². The van der Waals surface area contributed by atoms with Crippen LogP contribution in [0.1, 0.15) is 156 Å². The smallest absolute Gasteiger partial charge is 0.402 e. The fourth-order valence-corrected chi connectivity index (χ4v) is 10.7. The molecule has 0 aromatic rings. The maximum Gasteiger partial charge on any atom is 0.402 e. The molecule has 0 radical (unpaired) electrons. The summed E-state index contributed by atoms with van der Waals surface area (Å²) < 4.78 is 0. The zero-order valence-electron chi connectivity index (χ0n) is 58.0. The quantitative estimate of drug-likeness (QED) is 0.116. The van der Waals surface area contributed by atoms with Crippen LogP contribution in [-0.4, -0.2) is 238 Å². The topological polar surface area (TPSA) is 342 Å². The summed E-state index contributed by atoms with van der Waals surface area (Å²) in [6, 6.07) is -12.3. The highest BCUT2D eigenvalue weighted by molar-refractivity contribution is 5.99. The van der Waals surface area contributed by atoms with Crippen LogP contribution in [0.4, 0.5) is 4.79 Å². The van der Waals surface area contributed by atoms with E-state index in [4.69, 9.17) is 9.90 Å². The molecular weight excluding hydrogens is 1150 g/mol. The maximum atomic E-state index is 15.1. The average molecular weight is 1260 g/mol. The van der Waals surface area contributed by atoms with E-state index in [9.17, 15) is 48.3 Å². The number of carbonyl (C=O) groups excluding carboxylic acids is 11. The van der Waals surface area contributed by atoms with Gasteiger partial charge in [-0.25, -0.2) is 4.79 Å². The lowest BCUT2D eigenvalue weighted by molar-refractivity contribution is -0.157. The van der Waals surface area contributed by atoms with Gasteiger partial charge >= 0.3 is 6.09 Å².